The van der Waals surface area contributed by atoms with Gasteiger partial charge < -0.3 is 4.40 Å². The lowest BCUT2D eigenvalue weighted by molar-refractivity contribution is 1.37. The zero-order valence-corrected chi connectivity index (χ0v) is 19.1. The van der Waals surface area contributed by atoms with E-state index in [0.717, 1.165) is 0 Å². The van der Waals surface area contributed by atoms with Gasteiger partial charge in [0.2, 0.25) is 0 Å². The van der Waals surface area contributed by atoms with E-state index in [4.69, 9.17) is 0 Å². The second-order valence-electron chi connectivity index (χ2n) is 9.40. The van der Waals surface area contributed by atoms with E-state index in [-0.39, 0.29) is 0 Å². The Bertz CT molecular complexity index is 2040. The Morgan fingerprint density at radius 2 is 1.03 bits per heavy atom. The highest BCUT2D eigenvalue weighted by Crippen LogP contribution is 2.43. The normalized spacial score (nSPS) is 12.0. The van der Waals surface area contributed by atoms with Crippen molar-refractivity contribution in [3.63, 3.8) is 0 Å². The molecule has 0 N–H and O–H groups in total. The third-order valence-corrected chi connectivity index (χ3v) is 7.49. The molecule has 0 saturated heterocycles. The van der Waals surface area contributed by atoms with E-state index >= 15 is 0 Å². The summed E-state index contributed by atoms with van der Waals surface area (Å²) in [6.45, 7) is 0. The number of benzene rings is 6. The summed E-state index contributed by atoms with van der Waals surface area (Å²) in [5.41, 5.74) is 8.85. The van der Waals surface area contributed by atoms with Gasteiger partial charge in [-0.15, -0.1) is 0 Å². The van der Waals surface area contributed by atoms with Gasteiger partial charge in [0.25, 0.3) is 0 Å². The van der Waals surface area contributed by atoms with Crippen LogP contribution in [0.1, 0.15) is 0 Å². The van der Waals surface area contributed by atoms with Crippen LogP contribution in [0.15, 0.2) is 127 Å². The first-order valence-corrected chi connectivity index (χ1v) is 12.1. The number of nitrogens with zero attached hydrogens (tertiary/aromatic N) is 1. The standard InChI is InChI=1S/C34H21N/c1-2-9-22(10-3-1)23-12-8-13-24(19-23)25-17-18-32-30(20-25)33-27-14-5-4-11-26(27)21-29-28-15-6-7-16-31(28)35(32)34(29)33/h1-21H. The molecule has 162 valence electrons. The fourth-order valence-corrected chi connectivity index (χ4v) is 5.93. The molecule has 2 aromatic heterocycles. The van der Waals surface area contributed by atoms with Gasteiger partial charge in [-0.3, -0.25) is 0 Å². The summed E-state index contributed by atoms with van der Waals surface area (Å²) in [7, 11) is 0. The molecule has 0 bridgehead atoms. The molecule has 0 amide bonds. The first kappa shape index (κ1) is 18.8. The van der Waals surface area contributed by atoms with Gasteiger partial charge >= 0.3 is 0 Å². The van der Waals surface area contributed by atoms with Gasteiger partial charge in [-0.25, -0.2) is 0 Å². The molecular formula is C34H21N. The van der Waals surface area contributed by atoms with Gasteiger partial charge in [0.15, 0.2) is 0 Å². The molecule has 0 spiro atoms. The second-order valence-corrected chi connectivity index (χ2v) is 9.40. The summed E-state index contributed by atoms with van der Waals surface area (Å²) < 4.78 is 2.46. The van der Waals surface area contributed by atoms with Crippen molar-refractivity contribution in [2.75, 3.05) is 0 Å². The molecule has 0 unspecified atom stereocenters. The van der Waals surface area contributed by atoms with Crippen LogP contribution in [0, 0.1) is 0 Å². The Balaban J connectivity index is 1.48. The van der Waals surface area contributed by atoms with Crippen LogP contribution in [0.3, 0.4) is 0 Å². The van der Waals surface area contributed by atoms with Gasteiger partial charge in [0.1, 0.15) is 0 Å². The minimum atomic E-state index is 1.24. The van der Waals surface area contributed by atoms with Crippen LogP contribution < -0.4 is 0 Å². The molecule has 1 heteroatoms. The Kier molecular flexibility index (Phi) is 3.72. The van der Waals surface area contributed by atoms with Gasteiger partial charge in [0.05, 0.1) is 16.6 Å². The molecular weight excluding hydrogens is 422 g/mol. The van der Waals surface area contributed by atoms with Gasteiger partial charge in [-0.2, -0.15) is 0 Å². The summed E-state index contributed by atoms with van der Waals surface area (Å²) in [6.07, 6.45) is 0. The molecule has 1 nitrogen and oxygen atoms in total. The average Bonchev–Trinajstić information content (AvgIpc) is 3.44. The lowest BCUT2D eigenvalue weighted by atomic mass is 9.96. The van der Waals surface area contributed by atoms with Crippen LogP contribution in [0.2, 0.25) is 0 Å². The highest BCUT2D eigenvalue weighted by Gasteiger charge is 2.19. The van der Waals surface area contributed by atoms with Crippen LogP contribution in [-0.2, 0) is 0 Å². The third-order valence-electron chi connectivity index (χ3n) is 7.49. The number of para-hydroxylation sites is 1. The van der Waals surface area contributed by atoms with Crippen LogP contribution in [0.5, 0.6) is 0 Å². The maximum Gasteiger partial charge on any atom is 0.0626 e. The first-order chi connectivity index (χ1) is 17.4. The number of hydrogen-bond acceptors (Lipinski definition) is 0. The van der Waals surface area contributed by atoms with Crippen LogP contribution in [-0.4, -0.2) is 4.40 Å². The number of rotatable bonds is 2. The predicted molar refractivity (Wildman–Crippen MR) is 149 cm³/mol. The van der Waals surface area contributed by atoms with Crippen molar-refractivity contribution in [2.45, 2.75) is 0 Å². The molecule has 0 radical (unpaired) electrons. The van der Waals surface area contributed by atoms with Crippen molar-refractivity contribution in [3.8, 4) is 22.3 Å². The fraction of sp³-hybridized carbons (Fsp3) is 0. The minimum Gasteiger partial charge on any atom is -0.308 e. The van der Waals surface area contributed by atoms with Crippen LogP contribution in [0.25, 0.3) is 71.1 Å². The van der Waals surface area contributed by atoms with E-state index in [1.165, 1.54) is 71.1 Å². The molecule has 35 heavy (non-hydrogen) atoms. The summed E-state index contributed by atoms with van der Waals surface area (Å²) in [6, 6.07) is 46.4. The van der Waals surface area contributed by atoms with Gasteiger partial charge in [-0.05, 0) is 63.4 Å². The lowest BCUT2D eigenvalue weighted by Gasteiger charge is -2.07. The number of hydrogen-bond donors (Lipinski definition) is 0. The maximum atomic E-state index is 2.46. The van der Waals surface area contributed by atoms with Gasteiger partial charge in [0, 0.05) is 21.5 Å². The Morgan fingerprint density at radius 3 is 1.91 bits per heavy atom. The van der Waals surface area contributed by atoms with Crippen molar-refractivity contribution in [2.24, 2.45) is 0 Å². The fourth-order valence-electron chi connectivity index (χ4n) is 5.93. The van der Waals surface area contributed by atoms with Crippen molar-refractivity contribution in [1.82, 2.24) is 4.40 Å². The zero-order valence-electron chi connectivity index (χ0n) is 19.1. The summed E-state index contributed by atoms with van der Waals surface area (Å²) in [4.78, 5) is 0. The molecule has 0 aliphatic heterocycles. The average molecular weight is 444 g/mol. The highest BCUT2D eigenvalue weighted by molar-refractivity contribution is 6.31. The minimum absolute atomic E-state index is 1.24. The molecule has 0 saturated carbocycles. The van der Waals surface area contributed by atoms with E-state index < -0.39 is 0 Å². The topological polar surface area (TPSA) is 4.41 Å². The SMILES string of the molecule is c1ccc(-c2cccc(-c3ccc4c(c3)c3c5ccccc5cc5c6ccccc6n4c53)c2)cc1. The molecule has 0 atom stereocenters. The molecule has 8 rings (SSSR count). The van der Waals surface area contributed by atoms with Crippen molar-refractivity contribution in [1.29, 1.82) is 0 Å². The van der Waals surface area contributed by atoms with Crippen LogP contribution >= 0.6 is 0 Å². The predicted octanol–water partition coefficient (Wildman–Crippen LogP) is 9.32. The van der Waals surface area contributed by atoms with Crippen molar-refractivity contribution in [3.05, 3.63) is 127 Å². The smallest absolute Gasteiger partial charge is 0.0626 e. The second kappa shape index (κ2) is 6.94. The molecule has 8 aromatic rings. The van der Waals surface area contributed by atoms with Crippen molar-refractivity contribution >= 4 is 48.9 Å². The monoisotopic (exact) mass is 443 g/mol. The largest absolute Gasteiger partial charge is 0.308 e. The highest BCUT2D eigenvalue weighted by atomic mass is 14.9. The Morgan fingerprint density at radius 1 is 0.371 bits per heavy atom. The maximum absolute atomic E-state index is 2.46. The number of fused-ring (bicyclic) bond motifs is 8. The summed E-state index contributed by atoms with van der Waals surface area (Å²) in [5, 5.41) is 7.93. The van der Waals surface area contributed by atoms with Crippen molar-refractivity contribution < 1.29 is 0 Å². The zero-order chi connectivity index (χ0) is 22.9. The van der Waals surface area contributed by atoms with E-state index in [2.05, 4.69) is 132 Å². The first-order valence-electron chi connectivity index (χ1n) is 12.1. The van der Waals surface area contributed by atoms with E-state index in [1.807, 2.05) is 0 Å². The summed E-state index contributed by atoms with van der Waals surface area (Å²) in [5.74, 6) is 0. The third kappa shape index (κ3) is 2.58. The van der Waals surface area contributed by atoms with E-state index in [0.29, 0.717) is 0 Å². The van der Waals surface area contributed by atoms with E-state index in [1.54, 1.807) is 0 Å². The summed E-state index contributed by atoms with van der Waals surface area (Å²) >= 11 is 0. The molecule has 0 aliphatic rings. The molecule has 2 heterocycles. The number of aromatic nitrogens is 1. The lowest BCUT2D eigenvalue weighted by Crippen LogP contribution is -1.83. The molecule has 0 fully saturated rings. The van der Waals surface area contributed by atoms with Crippen LogP contribution in [0.4, 0.5) is 0 Å². The van der Waals surface area contributed by atoms with Gasteiger partial charge in [-0.1, -0.05) is 97.1 Å². The van der Waals surface area contributed by atoms with E-state index in [9.17, 15) is 0 Å². The molecule has 0 aliphatic carbocycles. The quantitative estimate of drug-likeness (QED) is 0.251. The Labute approximate surface area is 202 Å². The Hall–Kier alpha value is -4.62. The molecule has 6 aromatic carbocycles.